The molecule has 0 radical (unpaired) electrons. The van der Waals surface area contributed by atoms with Crippen LogP contribution in [-0.2, 0) is 38.5 Å². The Bertz CT molecular complexity index is 1570. The van der Waals surface area contributed by atoms with E-state index in [0.717, 1.165) is 14.6 Å². The zero-order valence-corrected chi connectivity index (χ0v) is 19.9. The number of alkyl halides is 1. The Kier molecular flexibility index (Phi) is 5.68. The molecule has 5 rings (SSSR count). The molecule has 3 aromatic heterocycles. The van der Waals surface area contributed by atoms with Gasteiger partial charge in [0, 0.05) is 49.0 Å². The van der Waals surface area contributed by atoms with Crippen LogP contribution in [0.1, 0.15) is 24.1 Å². The molecular formula is C22H23FN7O4S-. The fourth-order valence-electron chi connectivity index (χ4n) is 4.32. The maximum Gasteiger partial charge on any atom is 0.332 e. The van der Waals surface area contributed by atoms with Gasteiger partial charge in [-0.25, -0.2) is 14.2 Å². The summed E-state index contributed by atoms with van der Waals surface area (Å²) in [6.45, 7) is -0.697. The van der Waals surface area contributed by atoms with Crippen molar-refractivity contribution in [3.63, 3.8) is 0 Å². The van der Waals surface area contributed by atoms with Crippen molar-refractivity contribution in [2.75, 3.05) is 11.0 Å². The first-order valence-corrected chi connectivity index (χ1v) is 11.9. The molecular weight excluding hydrogens is 477 g/mol. The number of aromatic nitrogens is 6. The molecule has 13 heteroatoms. The fourth-order valence-corrected chi connectivity index (χ4v) is 5.15. The van der Waals surface area contributed by atoms with Crippen molar-refractivity contribution in [1.82, 2.24) is 28.5 Å². The van der Waals surface area contributed by atoms with E-state index in [9.17, 15) is 22.7 Å². The molecule has 1 atom stereocenters. The Morgan fingerprint density at radius 1 is 1.17 bits per heavy atom. The number of halogens is 1. The van der Waals surface area contributed by atoms with Crippen LogP contribution in [0.15, 0.2) is 52.7 Å². The van der Waals surface area contributed by atoms with Crippen LogP contribution >= 0.6 is 0 Å². The fraction of sp³-hybridized carbons (Fsp3) is 0.364. The van der Waals surface area contributed by atoms with Crippen molar-refractivity contribution in [2.24, 2.45) is 14.1 Å². The van der Waals surface area contributed by atoms with Crippen LogP contribution in [0.2, 0.25) is 0 Å². The molecule has 1 aromatic carbocycles. The largest absolute Gasteiger partial charge is 0.755 e. The number of rotatable bonds is 8. The molecule has 0 amide bonds. The molecule has 0 aliphatic heterocycles. The minimum atomic E-state index is -2.74. The van der Waals surface area contributed by atoms with Crippen molar-refractivity contribution in [2.45, 2.75) is 31.5 Å². The monoisotopic (exact) mass is 500 g/mol. The normalized spacial score (nSPS) is 15.4. The Morgan fingerprint density at radius 2 is 1.94 bits per heavy atom. The van der Waals surface area contributed by atoms with Gasteiger partial charge in [-0.05, 0) is 31.0 Å². The highest BCUT2D eigenvalue weighted by molar-refractivity contribution is 7.80. The summed E-state index contributed by atoms with van der Waals surface area (Å²) in [4.78, 5) is 31.1. The Labute approximate surface area is 201 Å². The average Bonchev–Trinajstić information content (AvgIpc) is 3.33. The molecule has 0 N–H and O–H groups in total. The smallest absolute Gasteiger partial charge is 0.332 e. The van der Waals surface area contributed by atoms with Crippen molar-refractivity contribution in [3.05, 3.63) is 75.2 Å². The van der Waals surface area contributed by atoms with Crippen molar-refractivity contribution in [1.29, 1.82) is 0 Å². The standard InChI is InChI=1S/C22H24FN7O4S/c1-26-14-24-9-17(26)12-28-19-4-3-16(30(35(33)34)22(13-23)5-6-22)7-18(19)20(31)29(21(28)32)11-15-8-25-27(2)10-15/h3-4,7-10,14H,5-6,11-13H2,1-2H3,(H,33,34)/p-1. The summed E-state index contributed by atoms with van der Waals surface area (Å²) in [5, 5.41) is 4.25. The van der Waals surface area contributed by atoms with Gasteiger partial charge in [-0.1, -0.05) is 0 Å². The third-order valence-electron chi connectivity index (χ3n) is 6.43. The van der Waals surface area contributed by atoms with Crippen LogP contribution in [0.4, 0.5) is 10.1 Å². The Balaban J connectivity index is 1.73. The van der Waals surface area contributed by atoms with Gasteiger partial charge in [-0.2, -0.15) is 5.10 Å². The van der Waals surface area contributed by atoms with Gasteiger partial charge in [0.25, 0.3) is 5.56 Å². The third kappa shape index (κ3) is 4.00. The molecule has 3 heterocycles. The summed E-state index contributed by atoms with van der Waals surface area (Å²) >= 11 is -2.74. The minimum Gasteiger partial charge on any atom is -0.755 e. The summed E-state index contributed by atoms with van der Waals surface area (Å²) in [5.74, 6) is 0. The molecule has 1 fully saturated rings. The van der Waals surface area contributed by atoms with Crippen LogP contribution in [0.5, 0.6) is 0 Å². The first kappa shape index (κ1) is 23.2. The van der Waals surface area contributed by atoms with Gasteiger partial charge in [-0.3, -0.25) is 27.1 Å². The second kappa shape index (κ2) is 8.57. The van der Waals surface area contributed by atoms with Gasteiger partial charge >= 0.3 is 5.69 Å². The molecule has 0 bridgehead atoms. The van der Waals surface area contributed by atoms with Crippen LogP contribution in [0, 0.1) is 0 Å². The van der Waals surface area contributed by atoms with Gasteiger partial charge in [-0.15, -0.1) is 0 Å². The molecule has 184 valence electrons. The van der Waals surface area contributed by atoms with Crippen LogP contribution < -0.4 is 15.6 Å². The molecule has 35 heavy (non-hydrogen) atoms. The first-order chi connectivity index (χ1) is 16.7. The number of nitrogens with zero attached hydrogens (tertiary/aromatic N) is 7. The van der Waals surface area contributed by atoms with E-state index in [1.807, 2.05) is 0 Å². The molecule has 1 unspecified atom stereocenters. The van der Waals surface area contributed by atoms with E-state index in [-0.39, 0.29) is 24.2 Å². The van der Waals surface area contributed by atoms with Gasteiger partial charge in [0.15, 0.2) is 0 Å². The van der Waals surface area contributed by atoms with Crippen LogP contribution in [-0.4, -0.2) is 49.4 Å². The summed E-state index contributed by atoms with van der Waals surface area (Å²) < 4.78 is 44.7. The minimum absolute atomic E-state index is 0.0112. The second-order valence-electron chi connectivity index (χ2n) is 8.85. The summed E-state index contributed by atoms with van der Waals surface area (Å²) in [5.41, 5.74) is -0.304. The van der Waals surface area contributed by atoms with E-state index in [0.29, 0.717) is 23.9 Å². The lowest BCUT2D eigenvalue weighted by Gasteiger charge is -2.33. The van der Waals surface area contributed by atoms with Gasteiger partial charge < -0.3 is 9.12 Å². The van der Waals surface area contributed by atoms with E-state index in [2.05, 4.69) is 10.1 Å². The van der Waals surface area contributed by atoms with E-state index < -0.39 is 34.7 Å². The lowest BCUT2D eigenvalue weighted by molar-refractivity contribution is 0.411. The summed E-state index contributed by atoms with van der Waals surface area (Å²) in [7, 11) is 3.53. The van der Waals surface area contributed by atoms with Crippen molar-refractivity contribution in [3.8, 4) is 0 Å². The molecule has 1 aliphatic carbocycles. The molecule has 0 spiro atoms. The van der Waals surface area contributed by atoms with Crippen LogP contribution in [0.25, 0.3) is 10.9 Å². The predicted molar refractivity (Wildman–Crippen MR) is 126 cm³/mol. The lowest BCUT2D eigenvalue weighted by atomic mass is 10.1. The zero-order valence-electron chi connectivity index (χ0n) is 19.1. The second-order valence-corrected chi connectivity index (χ2v) is 9.65. The van der Waals surface area contributed by atoms with Gasteiger partial charge in [0.1, 0.15) is 6.67 Å². The number of hydrogen-bond acceptors (Lipinski definition) is 6. The highest BCUT2D eigenvalue weighted by Crippen LogP contribution is 2.45. The molecule has 0 saturated heterocycles. The molecule has 11 nitrogen and oxygen atoms in total. The first-order valence-electron chi connectivity index (χ1n) is 10.9. The molecule has 1 aliphatic rings. The van der Waals surface area contributed by atoms with E-state index in [1.54, 1.807) is 48.3 Å². The summed E-state index contributed by atoms with van der Waals surface area (Å²) in [6.07, 6.45) is 7.29. The van der Waals surface area contributed by atoms with E-state index >= 15 is 0 Å². The topological polar surface area (TPSA) is 123 Å². The number of anilines is 1. The number of hydrogen-bond donors (Lipinski definition) is 0. The highest BCUT2D eigenvalue weighted by atomic mass is 32.2. The number of fused-ring (bicyclic) bond motifs is 1. The summed E-state index contributed by atoms with van der Waals surface area (Å²) in [6, 6.07) is 4.45. The molecule has 4 aromatic rings. The SMILES string of the molecule is Cn1cc(Cn2c(=O)c3cc(N(S(=O)[O-])C4(CF)CC4)ccc3n(Cc3cncn3C)c2=O)cn1. The van der Waals surface area contributed by atoms with E-state index in [4.69, 9.17) is 0 Å². The van der Waals surface area contributed by atoms with Crippen LogP contribution in [0.3, 0.4) is 0 Å². The maximum atomic E-state index is 13.8. The van der Waals surface area contributed by atoms with E-state index in [1.165, 1.54) is 22.8 Å². The van der Waals surface area contributed by atoms with Gasteiger partial charge in [0.2, 0.25) is 0 Å². The number of imidazole rings is 1. The average molecular weight is 501 g/mol. The Hall–Kier alpha value is -3.58. The quantitative estimate of drug-likeness (QED) is 0.330. The third-order valence-corrected chi connectivity index (χ3v) is 7.33. The molecule has 1 saturated carbocycles. The van der Waals surface area contributed by atoms with Crippen molar-refractivity contribution >= 4 is 27.9 Å². The zero-order chi connectivity index (χ0) is 24.9. The Morgan fingerprint density at radius 3 is 2.51 bits per heavy atom. The lowest BCUT2D eigenvalue weighted by Crippen LogP contribution is -2.42. The number of benzene rings is 1. The highest BCUT2D eigenvalue weighted by Gasteiger charge is 2.49. The number of aryl methyl sites for hydroxylation is 2. The van der Waals surface area contributed by atoms with Crippen molar-refractivity contribution < 1.29 is 13.2 Å². The maximum absolute atomic E-state index is 13.8. The van der Waals surface area contributed by atoms with Gasteiger partial charge in [0.05, 0.1) is 47.7 Å². The predicted octanol–water partition coefficient (Wildman–Crippen LogP) is 0.829.